The number of rotatable bonds is 7. The van der Waals surface area contributed by atoms with Crippen molar-refractivity contribution in [3.63, 3.8) is 0 Å². The molecule has 0 aromatic carbocycles. The van der Waals surface area contributed by atoms with Gasteiger partial charge in [0.05, 0.1) is 6.04 Å². The number of carbonyl (C=O) groups excluding carboxylic acids is 1. The second-order valence-corrected chi connectivity index (χ2v) is 4.20. The van der Waals surface area contributed by atoms with E-state index in [4.69, 9.17) is 5.53 Å². The Labute approximate surface area is 91.7 Å². The smallest absolute Gasteiger partial charge is 0.216 e. The Balaban J connectivity index is 3.92. The number of nitrogens with zero attached hydrogens (tertiary/aromatic N) is 2. The Hall–Kier alpha value is -0.970. The third kappa shape index (κ3) is 7.02. The fourth-order valence-electron chi connectivity index (χ4n) is 1.28. The molecule has 0 saturated carbocycles. The highest BCUT2D eigenvalue weighted by molar-refractivity contribution is 5.72. The van der Waals surface area contributed by atoms with E-state index in [1.165, 1.54) is 6.92 Å². The lowest BCUT2D eigenvalue weighted by Gasteiger charge is -2.20. The normalized spacial score (nSPS) is 14.7. The molecule has 5 nitrogen and oxygen atoms in total. The summed E-state index contributed by atoms with van der Waals surface area (Å²) in [5.41, 5.74) is 7.08. The van der Waals surface area contributed by atoms with Gasteiger partial charge in [0.15, 0.2) is 0 Å². The standard InChI is InChI=1S/C10H22N4O/c1-8(5-6-14(3)4)10(13-11)7-12-9(2)15/h8,10-11H,5-7H2,1-4H3,(H,12,15)/t8?,10-/m0/s1. The van der Waals surface area contributed by atoms with Crippen molar-refractivity contribution in [3.8, 4) is 0 Å². The second-order valence-electron chi connectivity index (χ2n) is 4.20. The van der Waals surface area contributed by atoms with Gasteiger partial charge in [-0.3, -0.25) is 4.79 Å². The molecule has 1 amide bonds. The van der Waals surface area contributed by atoms with Crippen molar-refractivity contribution >= 4 is 5.91 Å². The van der Waals surface area contributed by atoms with Crippen LogP contribution in [0.25, 0.3) is 0 Å². The lowest BCUT2D eigenvalue weighted by atomic mass is 9.98. The third-order valence-electron chi connectivity index (χ3n) is 2.41. The van der Waals surface area contributed by atoms with Crippen LogP contribution in [0.4, 0.5) is 0 Å². The number of amides is 1. The molecule has 0 fully saturated rings. The van der Waals surface area contributed by atoms with Crippen molar-refractivity contribution in [1.29, 1.82) is 5.53 Å². The minimum atomic E-state index is -0.103. The van der Waals surface area contributed by atoms with E-state index in [1.807, 2.05) is 14.1 Å². The summed E-state index contributed by atoms with van der Waals surface area (Å²) in [4.78, 5) is 12.8. The zero-order valence-corrected chi connectivity index (χ0v) is 10.1. The largest absolute Gasteiger partial charge is 0.354 e. The highest BCUT2D eigenvalue weighted by Crippen LogP contribution is 2.11. The third-order valence-corrected chi connectivity index (χ3v) is 2.41. The van der Waals surface area contributed by atoms with Crippen LogP contribution in [0.5, 0.6) is 0 Å². The lowest BCUT2D eigenvalue weighted by molar-refractivity contribution is -0.119. The predicted octanol–water partition coefficient (Wildman–Crippen LogP) is 1.11. The molecule has 0 radical (unpaired) electrons. The van der Waals surface area contributed by atoms with Crippen LogP contribution in [0.1, 0.15) is 20.3 Å². The summed E-state index contributed by atoms with van der Waals surface area (Å²) in [6.07, 6.45) is 0.986. The van der Waals surface area contributed by atoms with E-state index in [1.54, 1.807) is 0 Å². The first-order valence-corrected chi connectivity index (χ1v) is 5.23. The van der Waals surface area contributed by atoms with Gasteiger partial charge in [-0.1, -0.05) is 6.92 Å². The fourth-order valence-corrected chi connectivity index (χ4v) is 1.28. The number of hydrogen-bond acceptors (Lipinski definition) is 4. The predicted molar refractivity (Wildman–Crippen MR) is 60.0 cm³/mol. The lowest BCUT2D eigenvalue weighted by Crippen LogP contribution is -2.34. The minimum Gasteiger partial charge on any atom is -0.354 e. The molecule has 0 aliphatic rings. The molecule has 0 aliphatic heterocycles. The van der Waals surface area contributed by atoms with E-state index in [0.717, 1.165) is 13.0 Å². The molecule has 0 saturated heterocycles. The SMILES string of the molecule is CC(=O)NC[C@H](N=N)C(C)CCN(C)C. The van der Waals surface area contributed by atoms with Crippen molar-refractivity contribution in [3.05, 3.63) is 0 Å². The number of carbonyl (C=O) groups is 1. The topological polar surface area (TPSA) is 68.5 Å². The number of nitrogens with one attached hydrogen (secondary N) is 2. The summed E-state index contributed by atoms with van der Waals surface area (Å²) in [6.45, 7) is 4.99. The zero-order chi connectivity index (χ0) is 11.8. The van der Waals surface area contributed by atoms with Crippen LogP contribution in [0.3, 0.4) is 0 Å². The van der Waals surface area contributed by atoms with Crippen LogP contribution in [0, 0.1) is 11.4 Å². The first-order chi connectivity index (χ1) is 6.97. The van der Waals surface area contributed by atoms with E-state index in [9.17, 15) is 4.79 Å². The van der Waals surface area contributed by atoms with Gasteiger partial charge in [-0.25, -0.2) is 5.53 Å². The Bertz CT molecular complexity index is 206. The van der Waals surface area contributed by atoms with Crippen LogP contribution in [0.2, 0.25) is 0 Å². The maximum atomic E-state index is 10.7. The van der Waals surface area contributed by atoms with Crippen LogP contribution in [-0.4, -0.2) is 44.0 Å². The average molecular weight is 214 g/mol. The zero-order valence-electron chi connectivity index (χ0n) is 10.1. The molecule has 0 bridgehead atoms. The van der Waals surface area contributed by atoms with Gasteiger partial charge in [0.2, 0.25) is 5.91 Å². The van der Waals surface area contributed by atoms with Crippen LogP contribution >= 0.6 is 0 Å². The van der Waals surface area contributed by atoms with Gasteiger partial charge in [0, 0.05) is 13.5 Å². The summed E-state index contributed by atoms with van der Waals surface area (Å²) in [6, 6.07) is -0.103. The molecule has 2 atom stereocenters. The molecule has 2 N–H and O–H groups in total. The van der Waals surface area contributed by atoms with Gasteiger partial charge in [-0.2, -0.15) is 5.11 Å². The van der Waals surface area contributed by atoms with Crippen LogP contribution in [-0.2, 0) is 4.79 Å². The van der Waals surface area contributed by atoms with E-state index in [-0.39, 0.29) is 11.9 Å². The Morgan fingerprint density at radius 3 is 2.53 bits per heavy atom. The van der Waals surface area contributed by atoms with Crippen molar-refractivity contribution in [2.75, 3.05) is 27.2 Å². The summed E-state index contributed by atoms with van der Waals surface area (Å²) < 4.78 is 0. The molecular formula is C10H22N4O. The Morgan fingerprint density at radius 1 is 1.53 bits per heavy atom. The van der Waals surface area contributed by atoms with Crippen molar-refractivity contribution < 1.29 is 4.79 Å². The van der Waals surface area contributed by atoms with Gasteiger partial charge >= 0.3 is 0 Å². The van der Waals surface area contributed by atoms with E-state index in [2.05, 4.69) is 22.3 Å². The molecule has 0 rings (SSSR count). The molecule has 88 valence electrons. The van der Waals surface area contributed by atoms with Crippen LogP contribution in [0.15, 0.2) is 5.11 Å². The van der Waals surface area contributed by atoms with Crippen molar-refractivity contribution in [1.82, 2.24) is 10.2 Å². The number of hydrogen-bond donors (Lipinski definition) is 2. The van der Waals surface area contributed by atoms with E-state index in [0.29, 0.717) is 12.5 Å². The van der Waals surface area contributed by atoms with Crippen molar-refractivity contribution in [2.24, 2.45) is 11.0 Å². The minimum absolute atomic E-state index is 0.0662. The highest BCUT2D eigenvalue weighted by Gasteiger charge is 2.16. The highest BCUT2D eigenvalue weighted by atomic mass is 16.1. The van der Waals surface area contributed by atoms with Crippen molar-refractivity contribution in [2.45, 2.75) is 26.3 Å². The summed E-state index contributed by atoms with van der Waals surface area (Å²) >= 11 is 0. The van der Waals surface area contributed by atoms with Gasteiger partial charge in [-0.15, -0.1) is 0 Å². The molecular weight excluding hydrogens is 192 g/mol. The van der Waals surface area contributed by atoms with Gasteiger partial charge in [0.1, 0.15) is 0 Å². The molecule has 0 spiro atoms. The maximum Gasteiger partial charge on any atom is 0.216 e. The molecule has 5 heteroatoms. The van der Waals surface area contributed by atoms with Gasteiger partial charge in [0.25, 0.3) is 0 Å². The molecule has 15 heavy (non-hydrogen) atoms. The second kappa shape index (κ2) is 7.34. The fraction of sp³-hybridized carbons (Fsp3) is 0.900. The molecule has 0 aromatic heterocycles. The summed E-state index contributed by atoms with van der Waals surface area (Å²) in [5.74, 6) is 0.250. The monoisotopic (exact) mass is 214 g/mol. The first kappa shape index (κ1) is 14.0. The maximum absolute atomic E-state index is 10.7. The summed E-state index contributed by atoms with van der Waals surface area (Å²) in [5, 5.41) is 6.25. The molecule has 0 aliphatic carbocycles. The Kier molecular flexibility index (Phi) is 6.86. The van der Waals surface area contributed by atoms with Crippen LogP contribution < -0.4 is 5.32 Å². The first-order valence-electron chi connectivity index (χ1n) is 5.23. The van der Waals surface area contributed by atoms with E-state index >= 15 is 0 Å². The molecule has 1 unspecified atom stereocenters. The summed E-state index contributed by atoms with van der Waals surface area (Å²) in [7, 11) is 4.04. The molecule has 0 heterocycles. The average Bonchev–Trinajstić information content (AvgIpc) is 2.15. The molecule has 0 aromatic rings. The Morgan fingerprint density at radius 2 is 2.13 bits per heavy atom. The van der Waals surface area contributed by atoms with E-state index < -0.39 is 0 Å². The quantitative estimate of drug-likeness (QED) is 0.623. The van der Waals surface area contributed by atoms with Gasteiger partial charge in [-0.05, 0) is 33.0 Å². The van der Waals surface area contributed by atoms with Gasteiger partial charge < -0.3 is 10.2 Å².